The number of carbonyl (C=O) groups is 2. The number of fused-ring (bicyclic) bond motifs is 2. The lowest BCUT2D eigenvalue weighted by atomic mass is 10.0. The molecule has 1 saturated heterocycles. The van der Waals surface area contributed by atoms with Crippen molar-refractivity contribution < 1.29 is 28.3 Å². The molecule has 5 rings (SSSR count). The lowest BCUT2D eigenvalue weighted by Gasteiger charge is -2.33. The Hall–Kier alpha value is -3.63. The van der Waals surface area contributed by atoms with Crippen molar-refractivity contribution in [1.82, 2.24) is 14.9 Å². The van der Waals surface area contributed by atoms with Crippen LogP contribution in [0.5, 0.6) is 5.75 Å². The number of ether oxygens (including phenoxy) is 2. The van der Waals surface area contributed by atoms with Crippen molar-refractivity contribution in [3.63, 3.8) is 0 Å². The van der Waals surface area contributed by atoms with Crippen LogP contribution < -0.4 is 10.5 Å². The van der Waals surface area contributed by atoms with Gasteiger partial charge in [-0.15, -0.1) is 5.06 Å². The molecule has 2 aromatic carbocycles. The van der Waals surface area contributed by atoms with Crippen LogP contribution in [-0.4, -0.2) is 66.2 Å². The third kappa shape index (κ3) is 4.97. The largest absolute Gasteiger partial charge is 0.528 e. The van der Waals surface area contributed by atoms with Gasteiger partial charge in [0, 0.05) is 56.7 Å². The summed E-state index contributed by atoms with van der Waals surface area (Å²) in [6.07, 6.45) is -0.191. The molecule has 1 aromatic heterocycles. The Morgan fingerprint density at radius 1 is 1.09 bits per heavy atom. The fraction of sp³-hybridized carbons (Fsp3) is 0.375. The molecule has 1 unspecified atom stereocenters. The predicted octanol–water partition coefficient (Wildman–Crippen LogP) is 2.90. The summed E-state index contributed by atoms with van der Waals surface area (Å²) in [5.74, 6) is 0.165. The van der Waals surface area contributed by atoms with Crippen molar-refractivity contribution >= 4 is 23.0 Å². The minimum absolute atomic E-state index is 0.0234. The van der Waals surface area contributed by atoms with Crippen LogP contribution in [0.1, 0.15) is 34.9 Å². The van der Waals surface area contributed by atoms with Gasteiger partial charge in [-0.25, -0.2) is 9.59 Å². The third-order valence-electron chi connectivity index (χ3n) is 6.07. The van der Waals surface area contributed by atoms with Crippen molar-refractivity contribution in [1.29, 1.82) is 0 Å². The van der Waals surface area contributed by atoms with Crippen molar-refractivity contribution in [2.24, 2.45) is 0 Å². The van der Waals surface area contributed by atoms with Crippen molar-refractivity contribution in [3.05, 3.63) is 64.1 Å². The van der Waals surface area contributed by atoms with Crippen LogP contribution in [0.3, 0.4) is 0 Å². The highest BCUT2D eigenvalue weighted by Gasteiger charge is 2.27. The van der Waals surface area contributed by atoms with Crippen LogP contribution in [-0.2, 0) is 9.57 Å². The molecular weight excluding hydrogens is 442 g/mol. The first-order valence-corrected chi connectivity index (χ1v) is 11.3. The number of hydrogen-bond acceptors (Lipinski definition) is 9. The van der Waals surface area contributed by atoms with Gasteiger partial charge in [-0.2, -0.15) is 0 Å². The number of aromatic nitrogens is 1. The predicted molar refractivity (Wildman–Crippen MR) is 121 cm³/mol. The second-order valence-electron chi connectivity index (χ2n) is 8.29. The number of carbonyl (C=O) groups excluding carboxylic acids is 2. The molecule has 2 aliphatic rings. The van der Waals surface area contributed by atoms with Crippen LogP contribution >= 0.6 is 0 Å². The zero-order valence-corrected chi connectivity index (χ0v) is 18.5. The van der Waals surface area contributed by atoms with E-state index in [4.69, 9.17) is 18.7 Å². The third-order valence-corrected chi connectivity index (χ3v) is 6.07. The van der Waals surface area contributed by atoms with Gasteiger partial charge in [0.1, 0.15) is 11.9 Å². The van der Waals surface area contributed by atoms with Gasteiger partial charge in [-0.3, -0.25) is 9.78 Å². The van der Waals surface area contributed by atoms with Gasteiger partial charge in [0.2, 0.25) is 0 Å². The first-order chi connectivity index (χ1) is 16.5. The minimum Gasteiger partial charge on any atom is -0.493 e. The molecule has 1 atom stereocenters. The Bertz CT molecular complexity index is 1240. The summed E-state index contributed by atoms with van der Waals surface area (Å²) in [6, 6.07) is 12.5. The fourth-order valence-corrected chi connectivity index (χ4v) is 4.24. The molecule has 0 bridgehead atoms. The fourth-order valence-electron chi connectivity index (χ4n) is 4.24. The van der Waals surface area contributed by atoms with E-state index in [1.807, 2.05) is 24.3 Å². The number of Topliss-reactive ketones (excluding diaryl/α,β-unsaturated/α-hetero) is 1. The molecule has 10 nitrogen and oxygen atoms in total. The van der Waals surface area contributed by atoms with Gasteiger partial charge < -0.3 is 23.6 Å². The van der Waals surface area contributed by atoms with Crippen molar-refractivity contribution in [2.75, 3.05) is 39.3 Å². The van der Waals surface area contributed by atoms with E-state index in [9.17, 15) is 14.4 Å². The zero-order valence-electron chi connectivity index (χ0n) is 18.5. The smallest absolute Gasteiger partial charge is 0.493 e. The summed E-state index contributed by atoms with van der Waals surface area (Å²) < 4.78 is 16.2. The summed E-state index contributed by atoms with van der Waals surface area (Å²) in [5, 5.41) is 1.59. The number of aromatic amines is 1. The lowest BCUT2D eigenvalue weighted by Crippen LogP contribution is -2.47. The standard InChI is InChI=1S/C24H25N3O7/c28-19(16-5-6-18-22(15-16)32-23(29)25-18)7-9-26-10-12-27(13-11-26)34-24(30)33-21-8-14-31-20-4-2-1-3-17(20)21/h1-6,15,21H,7-14H2,(H,25,29). The van der Waals surface area contributed by atoms with Crippen LogP contribution in [0.2, 0.25) is 0 Å². The number of ketones is 1. The second kappa shape index (κ2) is 9.70. The van der Waals surface area contributed by atoms with Crippen molar-refractivity contribution in [3.8, 4) is 5.75 Å². The van der Waals surface area contributed by atoms with E-state index in [1.165, 1.54) is 0 Å². The molecule has 0 saturated carbocycles. The van der Waals surface area contributed by atoms with E-state index in [2.05, 4.69) is 9.88 Å². The topological polar surface area (TPSA) is 114 Å². The number of para-hydroxylation sites is 1. The number of rotatable bonds is 6. The SMILES string of the molecule is O=C(OC1CCOc2ccccc21)ON1CCN(CCC(=O)c2ccc3[nH]c(=O)oc3c2)CC1. The Labute approximate surface area is 194 Å². The minimum atomic E-state index is -0.725. The Balaban J connectivity index is 1.06. The highest BCUT2D eigenvalue weighted by molar-refractivity contribution is 5.98. The normalized spacial score (nSPS) is 18.8. The molecule has 0 aliphatic carbocycles. The monoisotopic (exact) mass is 467 g/mol. The Kier molecular flexibility index (Phi) is 6.33. The molecule has 0 radical (unpaired) electrons. The van der Waals surface area contributed by atoms with E-state index in [1.54, 1.807) is 23.3 Å². The van der Waals surface area contributed by atoms with E-state index in [0.29, 0.717) is 68.8 Å². The quantitative estimate of drug-likeness (QED) is 0.432. The lowest BCUT2D eigenvalue weighted by molar-refractivity contribution is -0.153. The number of nitrogens with zero attached hydrogens (tertiary/aromatic N) is 2. The van der Waals surface area contributed by atoms with E-state index in [0.717, 1.165) is 11.3 Å². The summed E-state index contributed by atoms with van der Waals surface area (Å²) in [6.45, 7) is 3.44. The van der Waals surface area contributed by atoms with Gasteiger partial charge in [-0.05, 0) is 24.3 Å². The molecule has 0 spiro atoms. The zero-order chi connectivity index (χ0) is 23.5. The Morgan fingerprint density at radius 3 is 2.76 bits per heavy atom. The van der Waals surface area contributed by atoms with Gasteiger partial charge in [-0.1, -0.05) is 18.2 Å². The number of hydrogen-bond donors (Lipinski definition) is 1. The molecule has 3 heterocycles. The maximum absolute atomic E-state index is 12.6. The number of oxazole rings is 1. The first-order valence-electron chi connectivity index (χ1n) is 11.3. The molecule has 2 aliphatic heterocycles. The summed E-state index contributed by atoms with van der Waals surface area (Å²) in [5.41, 5.74) is 2.29. The molecule has 3 aromatic rings. The van der Waals surface area contributed by atoms with E-state index in [-0.39, 0.29) is 11.9 Å². The van der Waals surface area contributed by atoms with Crippen LogP contribution in [0.25, 0.3) is 11.1 Å². The molecule has 1 fully saturated rings. The van der Waals surface area contributed by atoms with Gasteiger partial charge in [0.15, 0.2) is 11.4 Å². The van der Waals surface area contributed by atoms with E-state index >= 15 is 0 Å². The summed E-state index contributed by atoms with van der Waals surface area (Å²) in [4.78, 5) is 46.3. The van der Waals surface area contributed by atoms with E-state index < -0.39 is 11.9 Å². The molecule has 1 N–H and O–H groups in total. The van der Waals surface area contributed by atoms with Crippen LogP contribution in [0.15, 0.2) is 51.7 Å². The van der Waals surface area contributed by atoms with Gasteiger partial charge >= 0.3 is 11.9 Å². The van der Waals surface area contributed by atoms with Gasteiger partial charge in [0.05, 0.1) is 12.1 Å². The average Bonchev–Trinajstić information content (AvgIpc) is 3.23. The molecule has 10 heteroatoms. The maximum Gasteiger partial charge on any atom is 0.528 e. The number of H-pyrrole nitrogens is 1. The molecule has 178 valence electrons. The number of hydroxylamine groups is 2. The number of nitrogens with one attached hydrogen (secondary N) is 1. The molecule has 0 amide bonds. The summed E-state index contributed by atoms with van der Waals surface area (Å²) >= 11 is 0. The number of piperazine rings is 1. The average molecular weight is 467 g/mol. The van der Waals surface area contributed by atoms with Gasteiger partial charge in [0.25, 0.3) is 0 Å². The van der Waals surface area contributed by atoms with Crippen LogP contribution in [0.4, 0.5) is 4.79 Å². The first kappa shape index (κ1) is 22.2. The Morgan fingerprint density at radius 2 is 1.91 bits per heavy atom. The number of benzene rings is 2. The molecule has 34 heavy (non-hydrogen) atoms. The molecular formula is C24H25N3O7. The highest BCUT2D eigenvalue weighted by Crippen LogP contribution is 2.34. The van der Waals surface area contributed by atoms with Crippen molar-refractivity contribution in [2.45, 2.75) is 18.9 Å². The second-order valence-corrected chi connectivity index (χ2v) is 8.29. The van der Waals surface area contributed by atoms with Crippen LogP contribution in [0, 0.1) is 0 Å². The maximum atomic E-state index is 12.6. The summed E-state index contributed by atoms with van der Waals surface area (Å²) in [7, 11) is 0. The highest BCUT2D eigenvalue weighted by atomic mass is 16.8.